The third-order valence-corrected chi connectivity index (χ3v) is 6.89. The smallest absolute Gasteiger partial charge is 0.282 e. The lowest BCUT2D eigenvalue weighted by molar-refractivity contribution is 0.284. The van der Waals surface area contributed by atoms with Crippen molar-refractivity contribution in [1.82, 2.24) is 9.66 Å². The summed E-state index contributed by atoms with van der Waals surface area (Å²) >= 11 is 12.3. The van der Waals surface area contributed by atoms with Crippen LogP contribution >= 0.6 is 23.2 Å². The van der Waals surface area contributed by atoms with Crippen LogP contribution in [0.15, 0.2) is 105 Å². The molecule has 0 aliphatic carbocycles. The van der Waals surface area contributed by atoms with Gasteiger partial charge in [0, 0.05) is 21.0 Å². The number of para-hydroxylation sites is 2. The van der Waals surface area contributed by atoms with Crippen LogP contribution in [-0.4, -0.2) is 23.0 Å². The first-order chi connectivity index (χ1) is 19.5. The number of benzene rings is 4. The Morgan fingerprint density at radius 2 is 1.77 bits per heavy atom. The van der Waals surface area contributed by atoms with E-state index in [4.69, 9.17) is 42.1 Å². The van der Waals surface area contributed by atoms with Gasteiger partial charge in [0.25, 0.3) is 5.56 Å². The minimum Gasteiger partial charge on any atom is -0.493 e. The van der Waals surface area contributed by atoms with Crippen molar-refractivity contribution < 1.29 is 13.9 Å². The number of hydrogen-bond donors (Lipinski definition) is 0. The third-order valence-electron chi connectivity index (χ3n) is 6.31. The number of rotatable bonds is 7. The van der Waals surface area contributed by atoms with Crippen molar-refractivity contribution in [2.45, 2.75) is 6.61 Å². The van der Waals surface area contributed by atoms with Crippen LogP contribution in [0, 0.1) is 0 Å². The molecule has 2 heterocycles. The molecule has 0 radical (unpaired) electrons. The largest absolute Gasteiger partial charge is 0.493 e. The van der Waals surface area contributed by atoms with E-state index in [1.807, 2.05) is 48.5 Å². The Labute approximate surface area is 238 Å². The van der Waals surface area contributed by atoms with Crippen LogP contribution < -0.4 is 15.0 Å². The fourth-order valence-corrected chi connectivity index (χ4v) is 4.75. The molecule has 0 N–H and O–H groups in total. The van der Waals surface area contributed by atoms with E-state index in [-0.39, 0.29) is 12.2 Å². The molecule has 4 aromatic carbocycles. The van der Waals surface area contributed by atoms with Crippen LogP contribution in [-0.2, 0) is 6.61 Å². The zero-order chi connectivity index (χ0) is 27.6. The van der Waals surface area contributed by atoms with Crippen LogP contribution in [0.4, 0.5) is 0 Å². The van der Waals surface area contributed by atoms with Gasteiger partial charge >= 0.3 is 0 Å². The van der Waals surface area contributed by atoms with E-state index in [0.29, 0.717) is 55.2 Å². The van der Waals surface area contributed by atoms with Gasteiger partial charge in [-0.2, -0.15) is 9.78 Å². The molecule has 0 atom stereocenters. The maximum atomic E-state index is 13.5. The summed E-state index contributed by atoms with van der Waals surface area (Å²) in [5, 5.41) is 6.94. The fourth-order valence-electron chi connectivity index (χ4n) is 4.28. The van der Waals surface area contributed by atoms with Gasteiger partial charge in [0.1, 0.15) is 12.2 Å². The third kappa shape index (κ3) is 5.04. The summed E-state index contributed by atoms with van der Waals surface area (Å²) in [4.78, 5) is 18.2. The van der Waals surface area contributed by atoms with Gasteiger partial charge < -0.3 is 13.9 Å². The van der Waals surface area contributed by atoms with E-state index in [1.54, 1.807) is 55.8 Å². The monoisotopic (exact) mass is 569 g/mol. The Hall–Kier alpha value is -4.59. The minimum absolute atomic E-state index is 0.235. The lowest BCUT2D eigenvalue weighted by Crippen LogP contribution is -2.20. The van der Waals surface area contributed by atoms with E-state index in [2.05, 4.69) is 5.10 Å². The molecule has 7 nitrogen and oxygen atoms in total. The van der Waals surface area contributed by atoms with Gasteiger partial charge in [-0.1, -0.05) is 59.6 Å². The van der Waals surface area contributed by atoms with Crippen molar-refractivity contribution in [1.29, 1.82) is 0 Å². The summed E-state index contributed by atoms with van der Waals surface area (Å²) in [6, 6.07) is 27.2. The molecule has 2 aromatic heterocycles. The van der Waals surface area contributed by atoms with Crippen molar-refractivity contribution in [3.05, 3.63) is 123 Å². The highest BCUT2D eigenvalue weighted by molar-refractivity contribution is 6.35. The molecule has 0 unspecified atom stereocenters. The summed E-state index contributed by atoms with van der Waals surface area (Å²) < 4.78 is 18.8. The summed E-state index contributed by atoms with van der Waals surface area (Å²) in [7, 11) is 1.55. The Bertz CT molecular complexity index is 1930. The molecule has 198 valence electrons. The summed E-state index contributed by atoms with van der Waals surface area (Å²) in [5.74, 6) is 1.75. The SMILES string of the molecule is COc1cc(C=Nn2c(-c3cc4ccccc4o3)nc3ccccc3c2=O)ccc1OCc1ccc(Cl)cc1Cl. The summed E-state index contributed by atoms with van der Waals surface area (Å²) in [6.07, 6.45) is 1.56. The van der Waals surface area contributed by atoms with E-state index in [0.717, 1.165) is 10.9 Å². The predicted octanol–water partition coefficient (Wildman–Crippen LogP) is 7.59. The normalized spacial score (nSPS) is 11.5. The zero-order valence-corrected chi connectivity index (χ0v) is 22.7. The molecule has 0 bridgehead atoms. The van der Waals surface area contributed by atoms with Gasteiger partial charge in [-0.25, -0.2) is 4.98 Å². The number of nitrogens with zero attached hydrogens (tertiary/aromatic N) is 3. The van der Waals surface area contributed by atoms with Crippen LogP contribution in [0.2, 0.25) is 10.0 Å². The molecule has 0 fully saturated rings. The fraction of sp³-hybridized carbons (Fsp3) is 0.0645. The lowest BCUT2D eigenvalue weighted by atomic mass is 10.2. The second kappa shape index (κ2) is 10.9. The first-order valence-electron chi connectivity index (χ1n) is 12.3. The molecule has 9 heteroatoms. The molecule has 0 aliphatic rings. The van der Waals surface area contributed by atoms with Crippen LogP contribution in [0.3, 0.4) is 0 Å². The van der Waals surface area contributed by atoms with Crippen molar-refractivity contribution in [2.24, 2.45) is 5.10 Å². The molecular weight excluding hydrogens is 549 g/mol. The van der Waals surface area contributed by atoms with E-state index in [1.165, 1.54) is 4.68 Å². The number of methoxy groups -OCH3 is 1. The molecule has 0 saturated heterocycles. The van der Waals surface area contributed by atoms with Crippen molar-refractivity contribution in [3.63, 3.8) is 0 Å². The topological polar surface area (TPSA) is 78.9 Å². The Balaban J connectivity index is 1.35. The maximum absolute atomic E-state index is 13.5. The number of hydrogen-bond acceptors (Lipinski definition) is 6. The standard InChI is InChI=1S/C31H21Cl2N3O4/c1-38-28-14-19(10-13-27(28)39-18-21-11-12-22(32)16-24(21)33)17-34-36-30(29-15-20-6-2-5-9-26(20)40-29)35-25-8-4-3-7-23(25)31(36)37/h2-17H,18H2,1H3. The molecule has 0 amide bonds. The van der Waals surface area contributed by atoms with Crippen LogP contribution in [0.5, 0.6) is 11.5 Å². The Kier molecular flexibility index (Phi) is 6.99. The van der Waals surface area contributed by atoms with Crippen molar-refractivity contribution in [3.8, 4) is 23.1 Å². The number of fused-ring (bicyclic) bond motifs is 2. The predicted molar refractivity (Wildman–Crippen MR) is 158 cm³/mol. The molecular formula is C31H21Cl2N3O4. The highest BCUT2D eigenvalue weighted by Gasteiger charge is 2.16. The zero-order valence-electron chi connectivity index (χ0n) is 21.2. The maximum Gasteiger partial charge on any atom is 0.282 e. The molecule has 0 spiro atoms. The van der Waals surface area contributed by atoms with Gasteiger partial charge in [0.15, 0.2) is 17.3 Å². The molecule has 0 saturated carbocycles. The Morgan fingerprint density at radius 1 is 0.950 bits per heavy atom. The van der Waals surface area contributed by atoms with Crippen molar-refractivity contribution in [2.75, 3.05) is 7.11 Å². The van der Waals surface area contributed by atoms with E-state index >= 15 is 0 Å². The summed E-state index contributed by atoms with van der Waals surface area (Å²) in [5.41, 5.74) is 2.41. The van der Waals surface area contributed by atoms with Crippen LogP contribution in [0.25, 0.3) is 33.5 Å². The second-order valence-corrected chi connectivity index (χ2v) is 9.74. The van der Waals surface area contributed by atoms with Gasteiger partial charge in [-0.3, -0.25) is 4.79 Å². The minimum atomic E-state index is -0.316. The van der Waals surface area contributed by atoms with Gasteiger partial charge in [0.2, 0.25) is 5.82 Å². The quantitative estimate of drug-likeness (QED) is 0.185. The highest BCUT2D eigenvalue weighted by atomic mass is 35.5. The molecule has 6 aromatic rings. The Morgan fingerprint density at radius 3 is 2.60 bits per heavy atom. The number of aromatic nitrogens is 2. The van der Waals surface area contributed by atoms with E-state index < -0.39 is 0 Å². The number of furan rings is 1. The molecule has 40 heavy (non-hydrogen) atoms. The van der Waals surface area contributed by atoms with Gasteiger partial charge in [-0.15, -0.1) is 0 Å². The highest BCUT2D eigenvalue weighted by Crippen LogP contribution is 2.30. The first-order valence-corrected chi connectivity index (χ1v) is 13.1. The molecule has 0 aliphatic heterocycles. The van der Waals surface area contributed by atoms with Gasteiger partial charge in [0.05, 0.1) is 24.2 Å². The van der Waals surface area contributed by atoms with E-state index in [9.17, 15) is 4.79 Å². The first kappa shape index (κ1) is 25.7. The summed E-state index contributed by atoms with van der Waals surface area (Å²) in [6.45, 7) is 0.235. The average Bonchev–Trinajstić information content (AvgIpc) is 3.41. The lowest BCUT2D eigenvalue weighted by Gasteiger charge is -2.12. The van der Waals surface area contributed by atoms with Gasteiger partial charge in [-0.05, 0) is 60.2 Å². The number of halogens is 2. The number of ether oxygens (including phenoxy) is 2. The van der Waals surface area contributed by atoms with Crippen LogP contribution in [0.1, 0.15) is 11.1 Å². The average molecular weight is 570 g/mol. The molecule has 6 rings (SSSR count). The second-order valence-electron chi connectivity index (χ2n) is 8.90. The van der Waals surface area contributed by atoms with Crippen molar-refractivity contribution >= 4 is 51.3 Å².